The zero-order valence-corrected chi connectivity index (χ0v) is 16.6. The molecule has 28 heavy (non-hydrogen) atoms. The molecule has 0 aromatic heterocycles. The Balaban J connectivity index is 1.78. The van der Waals surface area contributed by atoms with Crippen molar-refractivity contribution in [1.29, 1.82) is 0 Å². The monoisotopic (exact) mass is 408 g/mol. The van der Waals surface area contributed by atoms with E-state index in [-0.39, 0.29) is 4.90 Å². The summed E-state index contributed by atoms with van der Waals surface area (Å²) in [5.74, 6) is 6.13. The summed E-state index contributed by atoms with van der Waals surface area (Å²) in [6.45, 7) is 1.89. The SMILES string of the molecule is Cc1ccc(S(=O)(=O)N/N=C/c2ccccc2C#Cc2ccc(Cl)cc2)cc1. The van der Waals surface area contributed by atoms with Crippen LogP contribution < -0.4 is 4.83 Å². The standard InChI is InChI=1S/C22H17ClN2O2S/c1-17-6-14-22(15-7-17)28(26,27)25-24-16-20-5-3-2-4-19(20)11-8-18-9-12-21(23)13-10-18/h2-7,9-10,12-16,25H,1H3/b24-16+. The van der Waals surface area contributed by atoms with Gasteiger partial charge in [0.2, 0.25) is 0 Å². The van der Waals surface area contributed by atoms with E-state index in [1.54, 1.807) is 36.4 Å². The number of nitrogens with zero attached hydrogens (tertiary/aromatic N) is 1. The normalized spacial score (nSPS) is 11.1. The van der Waals surface area contributed by atoms with Crippen molar-refractivity contribution in [3.05, 3.63) is 100 Å². The smallest absolute Gasteiger partial charge is 0.200 e. The predicted molar refractivity (Wildman–Crippen MR) is 113 cm³/mol. The molecule has 0 aliphatic heterocycles. The van der Waals surface area contributed by atoms with Gasteiger partial charge in [0.25, 0.3) is 10.0 Å². The Morgan fingerprint density at radius 1 is 0.929 bits per heavy atom. The van der Waals surface area contributed by atoms with E-state index in [9.17, 15) is 8.42 Å². The van der Waals surface area contributed by atoms with E-state index in [2.05, 4.69) is 21.8 Å². The Labute approximate surface area is 169 Å². The van der Waals surface area contributed by atoms with Crippen LogP contribution in [0.1, 0.15) is 22.3 Å². The number of aryl methyl sites for hydroxylation is 1. The van der Waals surface area contributed by atoms with Crippen LogP contribution in [0.15, 0.2) is 82.8 Å². The lowest BCUT2D eigenvalue weighted by molar-refractivity contribution is 0.584. The van der Waals surface area contributed by atoms with Crippen molar-refractivity contribution in [3.8, 4) is 11.8 Å². The molecule has 6 heteroatoms. The Morgan fingerprint density at radius 3 is 2.32 bits per heavy atom. The van der Waals surface area contributed by atoms with Crippen LogP contribution in [0.5, 0.6) is 0 Å². The fourth-order valence-corrected chi connectivity index (χ4v) is 3.25. The number of hydrogen-bond acceptors (Lipinski definition) is 3. The fraction of sp³-hybridized carbons (Fsp3) is 0.0455. The lowest BCUT2D eigenvalue weighted by Crippen LogP contribution is -2.18. The summed E-state index contributed by atoms with van der Waals surface area (Å²) < 4.78 is 24.6. The number of halogens is 1. The molecule has 1 N–H and O–H groups in total. The minimum atomic E-state index is -3.72. The van der Waals surface area contributed by atoms with Gasteiger partial charge in [-0.3, -0.25) is 0 Å². The highest BCUT2D eigenvalue weighted by Crippen LogP contribution is 2.11. The number of sulfonamides is 1. The van der Waals surface area contributed by atoms with Crippen LogP contribution in [0.2, 0.25) is 5.02 Å². The quantitative estimate of drug-likeness (QED) is 0.396. The van der Waals surface area contributed by atoms with Crippen molar-refractivity contribution < 1.29 is 8.42 Å². The predicted octanol–water partition coefficient (Wildman–Crippen LogP) is 4.36. The first-order valence-corrected chi connectivity index (χ1v) is 10.3. The molecule has 3 aromatic rings. The van der Waals surface area contributed by atoms with Crippen LogP contribution in [0.4, 0.5) is 0 Å². The van der Waals surface area contributed by atoms with Gasteiger partial charge < -0.3 is 0 Å². The highest BCUT2D eigenvalue weighted by Gasteiger charge is 2.11. The van der Waals surface area contributed by atoms with Crippen LogP contribution in [0.3, 0.4) is 0 Å². The van der Waals surface area contributed by atoms with E-state index < -0.39 is 10.0 Å². The number of benzene rings is 3. The minimum absolute atomic E-state index is 0.158. The van der Waals surface area contributed by atoms with Gasteiger partial charge in [-0.1, -0.05) is 59.3 Å². The maximum Gasteiger partial charge on any atom is 0.276 e. The average molecular weight is 409 g/mol. The van der Waals surface area contributed by atoms with Gasteiger partial charge in [0.1, 0.15) is 0 Å². The Morgan fingerprint density at radius 2 is 1.61 bits per heavy atom. The Bertz CT molecular complexity index is 1160. The van der Waals surface area contributed by atoms with E-state index in [0.717, 1.165) is 16.7 Å². The molecule has 0 radical (unpaired) electrons. The Kier molecular flexibility index (Phi) is 6.15. The Hall–Kier alpha value is -3.07. The zero-order valence-electron chi connectivity index (χ0n) is 15.1. The van der Waals surface area contributed by atoms with Gasteiger partial charge >= 0.3 is 0 Å². The van der Waals surface area contributed by atoms with Gasteiger partial charge in [0.05, 0.1) is 11.1 Å². The highest BCUT2D eigenvalue weighted by molar-refractivity contribution is 7.89. The second-order valence-electron chi connectivity index (χ2n) is 6.01. The van der Waals surface area contributed by atoms with E-state index in [4.69, 9.17) is 11.6 Å². The van der Waals surface area contributed by atoms with Crippen LogP contribution >= 0.6 is 11.6 Å². The maximum absolute atomic E-state index is 12.3. The van der Waals surface area contributed by atoms with Crippen molar-refractivity contribution >= 4 is 27.8 Å². The molecule has 0 bridgehead atoms. The van der Waals surface area contributed by atoms with Crippen LogP contribution in [0, 0.1) is 18.8 Å². The van der Waals surface area contributed by atoms with Crippen LogP contribution in [-0.2, 0) is 10.0 Å². The van der Waals surface area contributed by atoms with Crippen molar-refractivity contribution in [2.75, 3.05) is 0 Å². The first kappa shape index (κ1) is 19.7. The molecule has 0 saturated carbocycles. The zero-order chi connectivity index (χ0) is 20.0. The molecule has 0 aliphatic carbocycles. The molecular formula is C22H17ClN2O2S. The summed E-state index contributed by atoms with van der Waals surface area (Å²) in [6.07, 6.45) is 1.44. The molecule has 0 atom stereocenters. The molecule has 4 nitrogen and oxygen atoms in total. The second kappa shape index (κ2) is 8.75. The van der Waals surface area contributed by atoms with Gasteiger partial charge in [-0.25, -0.2) is 4.83 Å². The molecule has 0 heterocycles. The van der Waals surface area contributed by atoms with Gasteiger partial charge in [0.15, 0.2) is 0 Å². The highest BCUT2D eigenvalue weighted by atomic mass is 35.5. The molecular weight excluding hydrogens is 392 g/mol. The maximum atomic E-state index is 12.3. The summed E-state index contributed by atoms with van der Waals surface area (Å²) in [4.78, 5) is 2.39. The first-order chi connectivity index (χ1) is 13.4. The van der Waals surface area contributed by atoms with Crippen LogP contribution in [-0.4, -0.2) is 14.6 Å². The van der Waals surface area contributed by atoms with E-state index in [1.807, 2.05) is 43.3 Å². The fourth-order valence-electron chi connectivity index (χ4n) is 2.33. The lowest BCUT2D eigenvalue weighted by Gasteiger charge is -2.04. The molecule has 0 saturated heterocycles. The van der Waals surface area contributed by atoms with Crippen molar-refractivity contribution in [1.82, 2.24) is 4.83 Å². The second-order valence-corrected chi connectivity index (χ2v) is 8.11. The molecule has 0 amide bonds. The number of hydrazone groups is 1. The molecule has 0 fully saturated rings. The summed E-state index contributed by atoms with van der Waals surface area (Å²) in [6, 6.07) is 21.1. The average Bonchev–Trinajstić information content (AvgIpc) is 2.69. The molecule has 0 aliphatic rings. The van der Waals surface area contributed by atoms with Crippen molar-refractivity contribution in [2.45, 2.75) is 11.8 Å². The molecule has 3 rings (SSSR count). The topological polar surface area (TPSA) is 58.5 Å². The first-order valence-electron chi connectivity index (χ1n) is 8.42. The van der Waals surface area contributed by atoms with Gasteiger partial charge in [-0.05, 0) is 49.4 Å². The summed E-state index contributed by atoms with van der Waals surface area (Å²) in [7, 11) is -3.72. The number of nitrogens with one attached hydrogen (secondary N) is 1. The molecule has 3 aromatic carbocycles. The largest absolute Gasteiger partial charge is 0.276 e. The lowest BCUT2D eigenvalue weighted by atomic mass is 10.1. The summed E-state index contributed by atoms with van der Waals surface area (Å²) >= 11 is 5.88. The third-order valence-electron chi connectivity index (χ3n) is 3.85. The molecule has 0 unspecified atom stereocenters. The summed E-state index contributed by atoms with van der Waals surface area (Å²) in [5.41, 5.74) is 3.25. The third-order valence-corrected chi connectivity index (χ3v) is 5.34. The van der Waals surface area contributed by atoms with Crippen molar-refractivity contribution in [2.24, 2.45) is 5.10 Å². The van der Waals surface area contributed by atoms with E-state index in [0.29, 0.717) is 10.6 Å². The molecule has 0 spiro atoms. The van der Waals surface area contributed by atoms with Crippen LogP contribution in [0.25, 0.3) is 0 Å². The van der Waals surface area contributed by atoms with Gasteiger partial charge in [-0.2, -0.15) is 13.5 Å². The van der Waals surface area contributed by atoms with Crippen molar-refractivity contribution in [3.63, 3.8) is 0 Å². The minimum Gasteiger partial charge on any atom is -0.200 e. The number of hydrogen-bond donors (Lipinski definition) is 1. The van der Waals surface area contributed by atoms with Gasteiger partial charge in [-0.15, -0.1) is 0 Å². The third kappa shape index (κ3) is 5.23. The number of rotatable bonds is 4. The van der Waals surface area contributed by atoms with E-state index in [1.165, 1.54) is 6.21 Å². The molecule has 140 valence electrons. The van der Waals surface area contributed by atoms with E-state index >= 15 is 0 Å². The summed E-state index contributed by atoms with van der Waals surface area (Å²) in [5, 5.41) is 4.54. The van der Waals surface area contributed by atoms with Gasteiger partial charge in [0, 0.05) is 21.7 Å².